The Labute approximate surface area is 231 Å². The lowest BCUT2D eigenvalue weighted by atomic mass is 10.0. The Morgan fingerprint density at radius 1 is 1.23 bits per heavy atom. The van der Waals surface area contributed by atoms with Crippen LogP contribution in [0.4, 0.5) is 24.1 Å². The van der Waals surface area contributed by atoms with Gasteiger partial charge in [-0.2, -0.15) is 9.97 Å². The lowest BCUT2D eigenvalue weighted by Crippen LogP contribution is -2.39. The third kappa shape index (κ3) is 5.06. The highest BCUT2D eigenvalue weighted by atomic mass is 35.5. The van der Waals surface area contributed by atoms with Crippen molar-refractivity contribution >= 4 is 55.0 Å². The summed E-state index contributed by atoms with van der Waals surface area (Å²) in [6, 6.07) is 6.97. The summed E-state index contributed by atoms with van der Waals surface area (Å²) in [5.41, 5.74) is 6.95. The molecule has 2 aromatic heterocycles. The van der Waals surface area contributed by atoms with E-state index in [1.807, 2.05) is 13.1 Å². The predicted octanol–water partition coefficient (Wildman–Crippen LogP) is 4.80. The topological polar surface area (TPSA) is 92.4 Å². The van der Waals surface area contributed by atoms with Gasteiger partial charge in [-0.3, -0.25) is 0 Å². The van der Waals surface area contributed by atoms with Gasteiger partial charge in [0.25, 0.3) is 5.92 Å². The molecule has 2 aliphatic heterocycles. The normalized spacial score (nSPS) is 20.1. The van der Waals surface area contributed by atoms with Gasteiger partial charge < -0.3 is 25.6 Å². The number of anilines is 2. The lowest BCUT2D eigenvalue weighted by molar-refractivity contribution is 0.0156. The van der Waals surface area contributed by atoms with Crippen LogP contribution >= 0.6 is 22.9 Å². The van der Waals surface area contributed by atoms with Gasteiger partial charge in [0.2, 0.25) is 0 Å². The number of nitrogens with two attached hydrogens (primary N) is 1. The molecule has 0 aliphatic carbocycles. The Bertz CT molecular complexity index is 1550. The van der Waals surface area contributed by atoms with Crippen molar-refractivity contribution in [2.45, 2.75) is 24.8 Å². The van der Waals surface area contributed by atoms with Crippen LogP contribution < -0.4 is 20.7 Å². The number of para-hydroxylation sites is 1. The minimum Gasteiger partial charge on any atom is -0.462 e. The van der Waals surface area contributed by atoms with Crippen LogP contribution in [0.5, 0.6) is 6.01 Å². The van der Waals surface area contributed by atoms with Crippen molar-refractivity contribution in [1.82, 2.24) is 25.2 Å². The number of thiazole rings is 1. The monoisotopic (exact) mass is 577 g/mol. The standard InChI is InChI=1S/C26H27ClF3N7OS/c1-36-8-3-4-14(36)11-38-25-34-22-16(23(35-25)37-9-7-32-12-26(29,30)13-37)10-17(27)19(20(22)28)15-5-2-6-18-21(15)33-24(31)39-18/h2,5-6,10,14,32H,3-4,7-9,11-13H2,1H3,(H2,31,33)/t14-/m1/s1. The number of fused-ring (bicyclic) bond motifs is 2. The molecule has 6 rings (SSSR count). The van der Waals surface area contributed by atoms with Crippen molar-refractivity contribution in [2.24, 2.45) is 0 Å². The van der Waals surface area contributed by atoms with Gasteiger partial charge in [0.1, 0.15) is 17.9 Å². The molecule has 4 aromatic rings. The first-order valence-corrected chi connectivity index (χ1v) is 13.9. The smallest absolute Gasteiger partial charge is 0.319 e. The summed E-state index contributed by atoms with van der Waals surface area (Å²) < 4.78 is 52.4. The molecule has 13 heteroatoms. The minimum atomic E-state index is -3.01. The fourth-order valence-corrected chi connectivity index (χ4v) is 6.38. The Balaban J connectivity index is 1.51. The zero-order valence-corrected chi connectivity index (χ0v) is 22.8. The van der Waals surface area contributed by atoms with Crippen LogP contribution in [-0.4, -0.2) is 78.2 Å². The Morgan fingerprint density at radius 2 is 2.08 bits per heavy atom. The zero-order chi connectivity index (χ0) is 27.3. The SMILES string of the molecule is CN1CCC[C@@H]1COc1nc(N2CCNCC(F)(F)C2)c2cc(Cl)c(-c3cccc4sc(N)nc34)c(F)c2n1. The van der Waals surface area contributed by atoms with E-state index in [1.54, 1.807) is 12.1 Å². The van der Waals surface area contributed by atoms with E-state index in [0.29, 0.717) is 29.4 Å². The summed E-state index contributed by atoms with van der Waals surface area (Å²) in [5, 5.41) is 3.42. The molecule has 2 saturated heterocycles. The summed E-state index contributed by atoms with van der Waals surface area (Å²) >= 11 is 7.97. The highest BCUT2D eigenvalue weighted by molar-refractivity contribution is 7.22. The number of nitrogens with zero attached hydrogens (tertiary/aromatic N) is 5. The molecule has 39 heavy (non-hydrogen) atoms. The van der Waals surface area contributed by atoms with Crippen LogP contribution in [0.3, 0.4) is 0 Å². The molecule has 2 aromatic carbocycles. The molecule has 0 radical (unpaired) electrons. The largest absolute Gasteiger partial charge is 0.462 e. The van der Waals surface area contributed by atoms with E-state index in [1.165, 1.54) is 22.3 Å². The molecule has 2 fully saturated rings. The van der Waals surface area contributed by atoms with Crippen LogP contribution in [0.25, 0.3) is 32.2 Å². The van der Waals surface area contributed by atoms with Crippen molar-refractivity contribution < 1.29 is 17.9 Å². The number of nitrogens with one attached hydrogen (secondary N) is 1. The van der Waals surface area contributed by atoms with Crippen LogP contribution in [0.1, 0.15) is 12.8 Å². The van der Waals surface area contributed by atoms with E-state index >= 15 is 4.39 Å². The molecule has 2 aliphatic rings. The molecule has 8 nitrogen and oxygen atoms in total. The molecular weight excluding hydrogens is 551 g/mol. The van der Waals surface area contributed by atoms with Crippen LogP contribution in [0.15, 0.2) is 24.3 Å². The molecule has 0 saturated carbocycles. The van der Waals surface area contributed by atoms with Gasteiger partial charge in [-0.05, 0) is 38.6 Å². The summed E-state index contributed by atoms with van der Waals surface area (Å²) in [5.74, 6) is -3.56. The fourth-order valence-electron chi connectivity index (χ4n) is 5.32. The molecule has 1 atom stereocenters. The Hall–Kier alpha value is -2.93. The average molecular weight is 578 g/mol. The zero-order valence-electron chi connectivity index (χ0n) is 21.2. The lowest BCUT2D eigenvalue weighted by Gasteiger charge is -2.26. The average Bonchev–Trinajstić information content (AvgIpc) is 3.43. The number of benzene rings is 2. The second-order valence-electron chi connectivity index (χ2n) is 10.0. The second-order valence-corrected chi connectivity index (χ2v) is 11.5. The number of likely N-dealkylation sites (tertiary alicyclic amines) is 1. The number of alkyl halides is 2. The van der Waals surface area contributed by atoms with Gasteiger partial charge in [0.05, 0.1) is 28.3 Å². The molecule has 0 unspecified atom stereocenters. The van der Waals surface area contributed by atoms with E-state index in [4.69, 9.17) is 22.1 Å². The molecule has 0 amide bonds. The van der Waals surface area contributed by atoms with Crippen molar-refractivity contribution in [3.05, 3.63) is 35.1 Å². The van der Waals surface area contributed by atoms with E-state index in [9.17, 15) is 8.78 Å². The molecule has 3 N–H and O–H groups in total. The molecule has 0 spiro atoms. The van der Waals surface area contributed by atoms with Gasteiger partial charge in [-0.15, -0.1) is 0 Å². The highest BCUT2D eigenvalue weighted by Crippen LogP contribution is 2.42. The number of nitrogen functional groups attached to an aromatic ring is 1. The molecular formula is C26H27ClF3N7OS. The first-order valence-electron chi connectivity index (χ1n) is 12.7. The van der Waals surface area contributed by atoms with Crippen molar-refractivity contribution in [1.29, 1.82) is 0 Å². The number of hydrogen-bond acceptors (Lipinski definition) is 9. The molecule has 206 valence electrons. The third-order valence-corrected chi connectivity index (χ3v) is 8.44. The van der Waals surface area contributed by atoms with E-state index in [2.05, 4.69) is 25.2 Å². The fraction of sp³-hybridized carbons (Fsp3) is 0.423. The number of hydrogen-bond donors (Lipinski definition) is 2. The van der Waals surface area contributed by atoms with Crippen molar-refractivity contribution in [3.8, 4) is 17.1 Å². The van der Waals surface area contributed by atoms with Crippen molar-refractivity contribution in [2.75, 3.05) is 57.0 Å². The summed E-state index contributed by atoms with van der Waals surface area (Å²) in [7, 11) is 2.01. The van der Waals surface area contributed by atoms with E-state index < -0.39 is 24.8 Å². The number of aromatic nitrogens is 3. The van der Waals surface area contributed by atoms with Gasteiger partial charge in [-0.1, -0.05) is 35.1 Å². The van der Waals surface area contributed by atoms with Crippen molar-refractivity contribution in [3.63, 3.8) is 0 Å². The van der Waals surface area contributed by atoms with Crippen LogP contribution in [-0.2, 0) is 0 Å². The number of halogens is 4. The summed E-state index contributed by atoms with van der Waals surface area (Å²) in [6.07, 6.45) is 2.00. The highest BCUT2D eigenvalue weighted by Gasteiger charge is 2.35. The Kier molecular flexibility index (Phi) is 6.90. The molecule has 0 bridgehead atoms. The first-order chi connectivity index (χ1) is 18.7. The maximum atomic E-state index is 16.4. The number of rotatable bonds is 5. The third-order valence-electron chi connectivity index (χ3n) is 7.29. The quantitative estimate of drug-likeness (QED) is 0.350. The Morgan fingerprint density at radius 3 is 2.87 bits per heavy atom. The maximum Gasteiger partial charge on any atom is 0.319 e. The predicted molar refractivity (Wildman–Crippen MR) is 149 cm³/mol. The number of likely N-dealkylation sites (N-methyl/N-ethyl adjacent to an activating group) is 1. The second kappa shape index (κ2) is 10.2. The summed E-state index contributed by atoms with van der Waals surface area (Å²) in [4.78, 5) is 16.9. The van der Waals surface area contributed by atoms with Crippen LogP contribution in [0.2, 0.25) is 5.02 Å². The van der Waals surface area contributed by atoms with Gasteiger partial charge in [0, 0.05) is 35.6 Å². The van der Waals surface area contributed by atoms with E-state index in [0.717, 1.165) is 24.1 Å². The van der Waals surface area contributed by atoms with E-state index in [-0.39, 0.29) is 45.9 Å². The maximum absolute atomic E-state index is 16.4. The van der Waals surface area contributed by atoms with Gasteiger partial charge in [-0.25, -0.2) is 18.2 Å². The first kappa shape index (κ1) is 26.3. The number of ether oxygens (including phenoxy) is 1. The van der Waals surface area contributed by atoms with Gasteiger partial charge >= 0.3 is 6.01 Å². The van der Waals surface area contributed by atoms with Gasteiger partial charge in [0.15, 0.2) is 10.9 Å². The van der Waals surface area contributed by atoms with Crippen LogP contribution in [0, 0.1) is 5.82 Å². The molecule has 4 heterocycles. The minimum absolute atomic E-state index is 0.0603. The summed E-state index contributed by atoms with van der Waals surface area (Å²) in [6.45, 7) is 0.769.